The van der Waals surface area contributed by atoms with E-state index in [4.69, 9.17) is 4.74 Å². The minimum absolute atomic E-state index is 0.195. The third-order valence-electron chi connectivity index (χ3n) is 3.83. The van der Waals surface area contributed by atoms with Crippen LogP contribution in [0.1, 0.15) is 26.2 Å². The average Bonchev–Trinajstić information content (AvgIpc) is 3.03. The molecule has 0 radical (unpaired) electrons. The van der Waals surface area contributed by atoms with Gasteiger partial charge < -0.3 is 15.4 Å². The molecule has 1 saturated heterocycles. The van der Waals surface area contributed by atoms with Gasteiger partial charge in [0, 0.05) is 18.7 Å². The number of ether oxygens (including phenoxy) is 1. The third kappa shape index (κ3) is 4.60. The van der Waals surface area contributed by atoms with E-state index in [1.807, 2.05) is 0 Å². The summed E-state index contributed by atoms with van der Waals surface area (Å²) in [5.74, 6) is 0.529. The van der Waals surface area contributed by atoms with Crippen LogP contribution in [0.3, 0.4) is 0 Å². The van der Waals surface area contributed by atoms with E-state index in [-0.39, 0.29) is 6.03 Å². The lowest BCUT2D eigenvalue weighted by atomic mass is 10.2. The zero-order chi connectivity index (χ0) is 15.1. The zero-order valence-electron chi connectivity index (χ0n) is 12.8. The Morgan fingerprint density at radius 2 is 2.19 bits per heavy atom. The Morgan fingerprint density at radius 3 is 2.76 bits per heavy atom. The molecule has 2 amide bonds. The maximum Gasteiger partial charge on any atom is 0.319 e. The molecule has 0 saturated carbocycles. The second-order valence-corrected chi connectivity index (χ2v) is 5.23. The predicted octanol–water partition coefficient (Wildman–Crippen LogP) is 2.09. The molecule has 1 aliphatic heterocycles. The SMILES string of the molecule is CC[C@H](CNC(=O)Nc1ccc(OC)nc1)N1CCCC1. The number of amides is 2. The molecule has 1 atom stereocenters. The molecule has 0 bridgehead atoms. The molecule has 6 nitrogen and oxygen atoms in total. The molecule has 1 aromatic heterocycles. The fourth-order valence-electron chi connectivity index (χ4n) is 2.60. The number of urea groups is 1. The van der Waals surface area contributed by atoms with Gasteiger partial charge in [0.1, 0.15) is 0 Å². The molecule has 0 aromatic carbocycles. The Kier molecular flexibility index (Phi) is 5.80. The highest BCUT2D eigenvalue weighted by Crippen LogP contribution is 2.14. The number of carbonyl (C=O) groups is 1. The molecule has 2 rings (SSSR count). The number of nitrogens with one attached hydrogen (secondary N) is 2. The summed E-state index contributed by atoms with van der Waals surface area (Å²) in [5, 5.41) is 5.71. The van der Waals surface area contributed by atoms with E-state index in [2.05, 4.69) is 27.4 Å². The molecular weight excluding hydrogens is 268 g/mol. The van der Waals surface area contributed by atoms with Gasteiger partial charge in [-0.1, -0.05) is 6.92 Å². The van der Waals surface area contributed by atoms with E-state index in [1.54, 1.807) is 25.4 Å². The average molecular weight is 292 g/mol. The maximum absolute atomic E-state index is 11.9. The van der Waals surface area contributed by atoms with Crippen LogP contribution in [0.5, 0.6) is 5.88 Å². The first-order chi connectivity index (χ1) is 10.2. The summed E-state index contributed by atoms with van der Waals surface area (Å²) >= 11 is 0. The first kappa shape index (κ1) is 15.6. The summed E-state index contributed by atoms with van der Waals surface area (Å²) in [6, 6.07) is 3.71. The van der Waals surface area contributed by atoms with E-state index in [0.29, 0.717) is 24.2 Å². The van der Waals surface area contributed by atoms with Crippen molar-refractivity contribution in [3.05, 3.63) is 18.3 Å². The summed E-state index contributed by atoms with van der Waals surface area (Å²) in [6.07, 6.45) is 5.15. The number of likely N-dealkylation sites (tertiary alicyclic amines) is 1. The minimum Gasteiger partial charge on any atom is -0.481 e. The van der Waals surface area contributed by atoms with Crippen molar-refractivity contribution >= 4 is 11.7 Å². The Hall–Kier alpha value is -1.82. The quantitative estimate of drug-likeness (QED) is 0.842. The Bertz CT molecular complexity index is 443. The first-order valence-corrected chi connectivity index (χ1v) is 7.52. The smallest absolute Gasteiger partial charge is 0.319 e. The highest BCUT2D eigenvalue weighted by atomic mass is 16.5. The van der Waals surface area contributed by atoms with E-state index >= 15 is 0 Å². The lowest BCUT2D eigenvalue weighted by molar-refractivity contribution is 0.222. The van der Waals surface area contributed by atoms with Crippen molar-refractivity contribution in [3.8, 4) is 5.88 Å². The van der Waals surface area contributed by atoms with Crippen LogP contribution >= 0.6 is 0 Å². The molecule has 1 aliphatic rings. The van der Waals surface area contributed by atoms with Crippen LogP contribution in [-0.4, -0.2) is 48.7 Å². The van der Waals surface area contributed by atoms with Gasteiger partial charge in [0.15, 0.2) is 0 Å². The van der Waals surface area contributed by atoms with Gasteiger partial charge in [-0.05, 0) is 38.4 Å². The molecule has 2 N–H and O–H groups in total. The van der Waals surface area contributed by atoms with Crippen LogP contribution in [0.2, 0.25) is 0 Å². The van der Waals surface area contributed by atoms with Crippen molar-refractivity contribution in [2.45, 2.75) is 32.2 Å². The summed E-state index contributed by atoms with van der Waals surface area (Å²) in [6.45, 7) is 5.12. The Balaban J connectivity index is 1.77. The summed E-state index contributed by atoms with van der Waals surface area (Å²) in [5.41, 5.74) is 0.655. The normalized spacial score (nSPS) is 16.5. The van der Waals surface area contributed by atoms with Crippen molar-refractivity contribution in [3.63, 3.8) is 0 Å². The van der Waals surface area contributed by atoms with Crippen LogP contribution in [0.4, 0.5) is 10.5 Å². The van der Waals surface area contributed by atoms with Crippen molar-refractivity contribution in [1.29, 1.82) is 0 Å². The van der Waals surface area contributed by atoms with Crippen LogP contribution < -0.4 is 15.4 Å². The molecule has 0 spiro atoms. The summed E-state index contributed by atoms with van der Waals surface area (Å²) in [4.78, 5) is 18.4. The molecule has 0 aliphatic carbocycles. The van der Waals surface area contributed by atoms with E-state index < -0.39 is 0 Å². The van der Waals surface area contributed by atoms with Gasteiger partial charge in [-0.25, -0.2) is 9.78 Å². The van der Waals surface area contributed by atoms with Crippen LogP contribution in [0.15, 0.2) is 18.3 Å². The predicted molar refractivity (Wildman–Crippen MR) is 82.7 cm³/mol. The number of anilines is 1. The molecule has 116 valence electrons. The standard InChI is InChI=1S/C15H24N4O2/c1-3-13(19-8-4-5-9-19)11-17-15(20)18-12-6-7-14(21-2)16-10-12/h6-7,10,13H,3-5,8-9,11H2,1-2H3,(H2,17,18,20)/t13-/m1/s1. The van der Waals surface area contributed by atoms with E-state index in [9.17, 15) is 4.79 Å². The Morgan fingerprint density at radius 1 is 1.43 bits per heavy atom. The maximum atomic E-state index is 11.9. The van der Waals surface area contributed by atoms with Gasteiger partial charge in [-0.2, -0.15) is 0 Å². The topological polar surface area (TPSA) is 66.5 Å². The van der Waals surface area contributed by atoms with Crippen LogP contribution in [0.25, 0.3) is 0 Å². The lowest BCUT2D eigenvalue weighted by Crippen LogP contribution is -2.43. The van der Waals surface area contributed by atoms with Crippen LogP contribution in [-0.2, 0) is 0 Å². The number of nitrogens with zero attached hydrogens (tertiary/aromatic N) is 2. The van der Waals surface area contributed by atoms with Gasteiger partial charge in [0.05, 0.1) is 19.0 Å². The summed E-state index contributed by atoms with van der Waals surface area (Å²) < 4.78 is 4.98. The molecule has 6 heteroatoms. The van der Waals surface area contributed by atoms with Gasteiger partial charge in [-0.3, -0.25) is 4.90 Å². The second kappa shape index (κ2) is 7.83. The van der Waals surface area contributed by atoms with Crippen molar-refractivity contribution < 1.29 is 9.53 Å². The fourth-order valence-corrected chi connectivity index (χ4v) is 2.60. The van der Waals surface area contributed by atoms with E-state index in [1.165, 1.54) is 12.8 Å². The van der Waals surface area contributed by atoms with Gasteiger partial charge >= 0.3 is 6.03 Å². The van der Waals surface area contributed by atoms with Gasteiger partial charge in [0.2, 0.25) is 5.88 Å². The number of hydrogen-bond acceptors (Lipinski definition) is 4. The number of hydrogen-bond donors (Lipinski definition) is 2. The largest absolute Gasteiger partial charge is 0.481 e. The highest BCUT2D eigenvalue weighted by Gasteiger charge is 2.20. The van der Waals surface area contributed by atoms with E-state index in [0.717, 1.165) is 19.5 Å². The van der Waals surface area contributed by atoms with Gasteiger partial charge in [0.25, 0.3) is 0 Å². The molecule has 1 fully saturated rings. The highest BCUT2D eigenvalue weighted by molar-refractivity contribution is 5.89. The number of aromatic nitrogens is 1. The zero-order valence-corrected chi connectivity index (χ0v) is 12.8. The van der Waals surface area contributed by atoms with Crippen molar-refractivity contribution in [2.75, 3.05) is 32.1 Å². The third-order valence-corrected chi connectivity index (χ3v) is 3.83. The fraction of sp³-hybridized carbons (Fsp3) is 0.600. The molecule has 21 heavy (non-hydrogen) atoms. The second-order valence-electron chi connectivity index (χ2n) is 5.23. The monoisotopic (exact) mass is 292 g/mol. The Labute approximate surface area is 125 Å². The summed E-state index contributed by atoms with van der Waals surface area (Å²) in [7, 11) is 1.56. The lowest BCUT2D eigenvalue weighted by Gasteiger charge is -2.26. The number of pyridine rings is 1. The van der Waals surface area contributed by atoms with Crippen molar-refractivity contribution in [2.24, 2.45) is 0 Å². The molecule has 1 aromatic rings. The van der Waals surface area contributed by atoms with Gasteiger partial charge in [-0.15, -0.1) is 0 Å². The number of methoxy groups -OCH3 is 1. The van der Waals surface area contributed by atoms with Crippen LogP contribution in [0, 0.1) is 0 Å². The molecular formula is C15H24N4O2. The van der Waals surface area contributed by atoms with Crippen molar-refractivity contribution in [1.82, 2.24) is 15.2 Å². The molecule has 0 unspecified atom stereocenters. The number of carbonyl (C=O) groups excluding carboxylic acids is 1. The first-order valence-electron chi connectivity index (χ1n) is 7.52. The molecule has 2 heterocycles. The minimum atomic E-state index is -0.195. The number of rotatable bonds is 6.